The molecule has 0 aromatic rings. The summed E-state index contributed by atoms with van der Waals surface area (Å²) >= 11 is 0. The monoisotopic (exact) mass is 196 g/mol. The lowest BCUT2D eigenvalue weighted by Crippen LogP contribution is -2.32. The zero-order chi connectivity index (χ0) is 10.2. The minimum atomic E-state index is 0.515. The number of hydrogen-bond acceptors (Lipinski definition) is 1. The highest BCUT2D eigenvalue weighted by Crippen LogP contribution is 2.48. The molecule has 2 rings (SSSR count). The second-order valence-electron chi connectivity index (χ2n) is 6.44. The second kappa shape index (κ2) is 3.52. The van der Waals surface area contributed by atoms with Crippen LogP contribution < -0.4 is 0 Å². The molecule has 1 saturated carbocycles. The molecule has 0 atom stereocenters. The van der Waals surface area contributed by atoms with Crippen molar-refractivity contribution >= 4 is 0 Å². The van der Waals surface area contributed by atoms with E-state index >= 15 is 0 Å². The average Bonchev–Trinajstić information content (AvgIpc) is 2.53. The van der Waals surface area contributed by atoms with Gasteiger partial charge in [-0.3, -0.25) is 0 Å². The largest absolute Gasteiger partial charge is 0.381 e. The molecule has 82 valence electrons. The second-order valence-corrected chi connectivity index (χ2v) is 6.44. The Morgan fingerprint density at radius 1 is 1.07 bits per heavy atom. The normalized spacial score (nSPS) is 39.2. The predicted molar refractivity (Wildman–Crippen MR) is 59.3 cm³/mol. The fraction of sp³-hybridized carbons (Fsp3) is 1.00. The third kappa shape index (κ3) is 1.98. The van der Waals surface area contributed by atoms with Gasteiger partial charge < -0.3 is 4.74 Å². The molecule has 0 radical (unpaired) electrons. The minimum absolute atomic E-state index is 0.515. The fourth-order valence-electron chi connectivity index (χ4n) is 3.14. The van der Waals surface area contributed by atoms with E-state index in [2.05, 4.69) is 20.8 Å². The van der Waals surface area contributed by atoms with E-state index in [1.54, 1.807) is 0 Å². The highest BCUT2D eigenvalue weighted by Gasteiger charge is 2.40. The summed E-state index contributed by atoms with van der Waals surface area (Å²) in [6.07, 6.45) is 6.99. The smallest absolute Gasteiger partial charge is 0.0523 e. The Hall–Kier alpha value is -0.0400. The molecule has 2 aliphatic rings. The van der Waals surface area contributed by atoms with Crippen LogP contribution in [0.2, 0.25) is 0 Å². The lowest BCUT2D eigenvalue weighted by molar-refractivity contribution is 0.0705. The Morgan fingerprint density at radius 2 is 1.71 bits per heavy atom. The van der Waals surface area contributed by atoms with Crippen LogP contribution in [0.1, 0.15) is 52.9 Å². The van der Waals surface area contributed by atoms with E-state index < -0.39 is 0 Å². The molecule has 0 amide bonds. The summed E-state index contributed by atoms with van der Waals surface area (Å²) in [5, 5.41) is 0. The van der Waals surface area contributed by atoms with Crippen LogP contribution >= 0.6 is 0 Å². The Kier molecular flexibility index (Phi) is 2.63. The van der Waals surface area contributed by atoms with E-state index in [-0.39, 0.29) is 0 Å². The van der Waals surface area contributed by atoms with Crippen LogP contribution in [0.25, 0.3) is 0 Å². The van der Waals surface area contributed by atoms with Crippen molar-refractivity contribution in [3.63, 3.8) is 0 Å². The summed E-state index contributed by atoms with van der Waals surface area (Å²) < 4.78 is 5.56. The van der Waals surface area contributed by atoms with Crippen molar-refractivity contribution in [3.05, 3.63) is 0 Å². The van der Waals surface area contributed by atoms with Gasteiger partial charge >= 0.3 is 0 Å². The third-order valence-corrected chi connectivity index (χ3v) is 4.46. The number of ether oxygens (including phenoxy) is 1. The maximum Gasteiger partial charge on any atom is 0.0523 e. The van der Waals surface area contributed by atoms with Gasteiger partial charge in [0.15, 0.2) is 0 Å². The van der Waals surface area contributed by atoms with E-state index in [0.717, 1.165) is 19.1 Å². The van der Waals surface area contributed by atoms with Gasteiger partial charge in [0, 0.05) is 6.61 Å². The molecule has 14 heavy (non-hydrogen) atoms. The van der Waals surface area contributed by atoms with Gasteiger partial charge in [0.1, 0.15) is 0 Å². The highest BCUT2D eigenvalue weighted by atomic mass is 16.5. The van der Waals surface area contributed by atoms with Crippen LogP contribution in [0.4, 0.5) is 0 Å². The molecule has 0 aromatic carbocycles. The van der Waals surface area contributed by atoms with Gasteiger partial charge in [-0.05, 0) is 48.9 Å². The molecule has 1 heteroatoms. The zero-order valence-electron chi connectivity index (χ0n) is 9.94. The van der Waals surface area contributed by atoms with E-state index in [1.807, 2.05) is 0 Å². The molecule has 1 aliphatic heterocycles. The number of rotatable bonds is 0. The number of hydrogen-bond donors (Lipinski definition) is 0. The van der Waals surface area contributed by atoms with Crippen molar-refractivity contribution in [1.82, 2.24) is 0 Å². The summed E-state index contributed by atoms with van der Waals surface area (Å²) in [6, 6.07) is 0. The lowest BCUT2D eigenvalue weighted by atomic mass is 9.64. The summed E-state index contributed by atoms with van der Waals surface area (Å²) in [7, 11) is 0. The first-order valence-corrected chi connectivity index (χ1v) is 6.10. The summed E-state index contributed by atoms with van der Waals surface area (Å²) in [6.45, 7) is 9.23. The van der Waals surface area contributed by atoms with Gasteiger partial charge in [0.05, 0.1) is 6.61 Å². The van der Waals surface area contributed by atoms with Crippen molar-refractivity contribution in [2.75, 3.05) is 13.2 Å². The molecular weight excluding hydrogens is 172 g/mol. The van der Waals surface area contributed by atoms with Crippen LogP contribution in [0.3, 0.4) is 0 Å². The molecule has 1 aliphatic carbocycles. The SMILES string of the molecule is CC(C)(C)C1CCC2(CCOC2)CC1. The van der Waals surface area contributed by atoms with E-state index in [1.165, 1.54) is 32.1 Å². The molecular formula is C13H24O. The maximum absolute atomic E-state index is 5.56. The lowest BCUT2D eigenvalue weighted by Gasteiger charge is -2.41. The van der Waals surface area contributed by atoms with Crippen molar-refractivity contribution < 1.29 is 4.74 Å². The average molecular weight is 196 g/mol. The van der Waals surface area contributed by atoms with E-state index in [0.29, 0.717) is 10.8 Å². The van der Waals surface area contributed by atoms with Crippen LogP contribution in [-0.2, 0) is 4.74 Å². The van der Waals surface area contributed by atoms with Crippen molar-refractivity contribution in [2.24, 2.45) is 16.7 Å². The Labute approximate surface area is 88.2 Å². The standard InChI is InChI=1S/C13H24O/c1-12(2,3)11-4-6-13(7-5-11)8-9-14-10-13/h11H,4-10H2,1-3H3. The highest BCUT2D eigenvalue weighted by molar-refractivity contribution is 4.91. The Balaban J connectivity index is 1.92. The van der Waals surface area contributed by atoms with E-state index in [9.17, 15) is 0 Å². The predicted octanol–water partition coefficient (Wildman–Crippen LogP) is 3.63. The molecule has 2 fully saturated rings. The van der Waals surface area contributed by atoms with E-state index in [4.69, 9.17) is 4.74 Å². The summed E-state index contributed by atoms with van der Waals surface area (Å²) in [5.74, 6) is 0.939. The Morgan fingerprint density at radius 3 is 2.14 bits per heavy atom. The van der Waals surface area contributed by atoms with Crippen molar-refractivity contribution in [3.8, 4) is 0 Å². The van der Waals surface area contributed by atoms with Gasteiger partial charge in [-0.1, -0.05) is 20.8 Å². The van der Waals surface area contributed by atoms with Crippen LogP contribution in [0.15, 0.2) is 0 Å². The summed E-state index contributed by atoms with van der Waals surface area (Å²) in [4.78, 5) is 0. The molecule has 1 heterocycles. The minimum Gasteiger partial charge on any atom is -0.381 e. The summed E-state index contributed by atoms with van der Waals surface area (Å²) in [5.41, 5.74) is 1.11. The topological polar surface area (TPSA) is 9.23 Å². The quantitative estimate of drug-likeness (QED) is 0.575. The van der Waals surface area contributed by atoms with Crippen LogP contribution in [0, 0.1) is 16.7 Å². The molecule has 0 bridgehead atoms. The first kappa shape index (κ1) is 10.5. The van der Waals surface area contributed by atoms with Gasteiger partial charge in [-0.2, -0.15) is 0 Å². The first-order chi connectivity index (χ1) is 6.52. The molecule has 1 nitrogen and oxygen atoms in total. The molecule has 0 aromatic heterocycles. The van der Waals surface area contributed by atoms with Crippen molar-refractivity contribution in [1.29, 1.82) is 0 Å². The van der Waals surface area contributed by atoms with Crippen molar-refractivity contribution in [2.45, 2.75) is 52.9 Å². The Bertz CT molecular complexity index is 186. The van der Waals surface area contributed by atoms with Gasteiger partial charge in [-0.15, -0.1) is 0 Å². The first-order valence-electron chi connectivity index (χ1n) is 6.10. The molecule has 1 saturated heterocycles. The van der Waals surface area contributed by atoms with Gasteiger partial charge in [-0.25, -0.2) is 0 Å². The van der Waals surface area contributed by atoms with Gasteiger partial charge in [0.25, 0.3) is 0 Å². The maximum atomic E-state index is 5.56. The van der Waals surface area contributed by atoms with Gasteiger partial charge in [0.2, 0.25) is 0 Å². The molecule has 0 N–H and O–H groups in total. The molecule has 0 unspecified atom stereocenters. The molecule has 1 spiro atoms. The van der Waals surface area contributed by atoms with Crippen LogP contribution in [-0.4, -0.2) is 13.2 Å². The third-order valence-electron chi connectivity index (χ3n) is 4.46. The fourth-order valence-corrected chi connectivity index (χ4v) is 3.14. The van der Waals surface area contributed by atoms with Crippen LogP contribution in [0.5, 0.6) is 0 Å². The zero-order valence-corrected chi connectivity index (χ0v) is 9.94.